The van der Waals surface area contributed by atoms with Crippen LogP contribution in [0, 0.1) is 5.92 Å². The Hall–Kier alpha value is -4.59. The third-order valence-corrected chi connectivity index (χ3v) is 9.21. The molecule has 246 valence electrons. The summed E-state index contributed by atoms with van der Waals surface area (Å²) in [4.78, 5) is 43.5. The van der Waals surface area contributed by atoms with E-state index in [-0.39, 0.29) is 29.9 Å². The fourth-order valence-corrected chi connectivity index (χ4v) is 6.83. The Kier molecular flexibility index (Phi) is 9.39. The minimum Gasteiger partial charge on any atom is -0.444 e. The largest absolute Gasteiger partial charge is 0.444 e. The third-order valence-electron chi connectivity index (χ3n) is 9.21. The number of aromatic nitrogens is 1. The van der Waals surface area contributed by atoms with E-state index in [4.69, 9.17) is 4.74 Å². The summed E-state index contributed by atoms with van der Waals surface area (Å²) in [6.45, 7) is 9.66. The number of nitrogens with one attached hydrogen (secondary N) is 1. The fourth-order valence-electron chi connectivity index (χ4n) is 6.83. The average molecular weight is 635 g/mol. The topological polar surface area (TPSA) is 83.9 Å². The van der Waals surface area contributed by atoms with Gasteiger partial charge in [0, 0.05) is 62.8 Å². The number of rotatable bonds is 9. The highest BCUT2D eigenvalue weighted by atomic mass is 16.6. The van der Waals surface area contributed by atoms with Crippen LogP contribution in [0.15, 0.2) is 85.1 Å². The number of hydrogen-bond donors (Lipinski definition) is 1. The van der Waals surface area contributed by atoms with Gasteiger partial charge in [0.25, 0.3) is 0 Å². The molecule has 6 rings (SSSR count). The zero-order chi connectivity index (χ0) is 33.1. The van der Waals surface area contributed by atoms with Crippen LogP contribution in [-0.4, -0.2) is 63.6 Å². The number of para-hydroxylation sites is 1. The molecular formula is C39H46N4O4. The Labute approximate surface area is 277 Å². The van der Waals surface area contributed by atoms with Gasteiger partial charge >= 0.3 is 6.09 Å². The van der Waals surface area contributed by atoms with Crippen molar-refractivity contribution >= 4 is 28.8 Å². The van der Waals surface area contributed by atoms with Gasteiger partial charge in [-0.1, -0.05) is 72.8 Å². The van der Waals surface area contributed by atoms with Crippen molar-refractivity contribution in [2.45, 2.75) is 77.6 Å². The molecular weight excluding hydrogens is 588 g/mol. The normalized spacial score (nSPS) is 18.2. The number of ether oxygens (including phenoxy) is 1. The lowest BCUT2D eigenvalue weighted by molar-refractivity contribution is -0.139. The summed E-state index contributed by atoms with van der Waals surface area (Å²) in [6, 6.07) is 27.3. The van der Waals surface area contributed by atoms with Gasteiger partial charge in [-0.3, -0.25) is 9.59 Å². The summed E-state index contributed by atoms with van der Waals surface area (Å²) in [7, 11) is 0. The van der Waals surface area contributed by atoms with Gasteiger partial charge in [0.2, 0.25) is 11.8 Å². The molecule has 1 aromatic heterocycles. The molecule has 2 atom stereocenters. The molecule has 2 aliphatic rings. The van der Waals surface area contributed by atoms with Gasteiger partial charge in [0.05, 0.1) is 5.92 Å². The second kappa shape index (κ2) is 13.6. The van der Waals surface area contributed by atoms with E-state index in [1.165, 1.54) is 6.92 Å². The fraction of sp³-hybridized carbons (Fsp3) is 0.410. The minimum atomic E-state index is -0.619. The number of fused-ring (bicyclic) bond motifs is 1. The Bertz CT molecular complexity index is 1740. The summed E-state index contributed by atoms with van der Waals surface area (Å²) in [5.74, 6) is -0.406. The van der Waals surface area contributed by atoms with Crippen LogP contribution in [0.25, 0.3) is 22.0 Å². The molecule has 1 aliphatic heterocycles. The van der Waals surface area contributed by atoms with Crippen LogP contribution >= 0.6 is 0 Å². The molecule has 1 aliphatic carbocycles. The van der Waals surface area contributed by atoms with Gasteiger partial charge in [-0.15, -0.1) is 0 Å². The molecule has 0 bridgehead atoms. The standard InChI is InChI=1S/C39H46N4O4/c1-27(44)40-20-22-41-24-31(34-15-8-9-16-36(34)41)25-43(32-17-18-32)37(45)35-26-42(38(46)47-39(2,3)4)21-19-33(35)30-14-10-13-29(23-30)28-11-6-5-7-12-28/h5-16,23-24,32-33,35H,17-22,25-26H2,1-4H3,(H,40,44)/t33-,35+/m1/s1. The van der Waals surface area contributed by atoms with Crippen LogP contribution in [0.3, 0.4) is 0 Å². The Balaban J connectivity index is 1.31. The lowest BCUT2D eigenvalue weighted by Crippen LogP contribution is -2.51. The zero-order valence-electron chi connectivity index (χ0n) is 27.9. The van der Waals surface area contributed by atoms with E-state index in [1.54, 1.807) is 4.90 Å². The average Bonchev–Trinajstić information content (AvgIpc) is 3.85. The highest BCUT2D eigenvalue weighted by Gasteiger charge is 2.43. The van der Waals surface area contributed by atoms with Gasteiger partial charge in [-0.05, 0) is 74.3 Å². The molecule has 0 spiro atoms. The van der Waals surface area contributed by atoms with Crippen molar-refractivity contribution in [3.05, 3.63) is 96.2 Å². The molecule has 1 N–H and O–H groups in total. The number of hydrogen-bond acceptors (Lipinski definition) is 4. The van der Waals surface area contributed by atoms with Crippen LogP contribution in [0.5, 0.6) is 0 Å². The molecule has 2 fully saturated rings. The minimum absolute atomic E-state index is 0.0369. The molecule has 1 saturated carbocycles. The van der Waals surface area contributed by atoms with Crippen LogP contribution in [-0.2, 0) is 27.4 Å². The third kappa shape index (κ3) is 7.70. The first kappa shape index (κ1) is 32.4. The Morgan fingerprint density at radius 2 is 1.64 bits per heavy atom. The highest BCUT2D eigenvalue weighted by Crippen LogP contribution is 2.40. The van der Waals surface area contributed by atoms with Gasteiger partial charge in [-0.2, -0.15) is 0 Å². The summed E-state index contributed by atoms with van der Waals surface area (Å²) in [5, 5.41) is 4.00. The van der Waals surface area contributed by atoms with Crippen LogP contribution in [0.2, 0.25) is 0 Å². The summed E-state index contributed by atoms with van der Waals surface area (Å²) < 4.78 is 7.94. The molecule has 0 unspecified atom stereocenters. The number of likely N-dealkylation sites (tertiary alicyclic amines) is 1. The molecule has 8 nitrogen and oxygen atoms in total. The first-order valence-electron chi connectivity index (χ1n) is 16.8. The van der Waals surface area contributed by atoms with Crippen molar-refractivity contribution in [1.82, 2.24) is 19.7 Å². The van der Waals surface area contributed by atoms with Crippen LogP contribution in [0.4, 0.5) is 4.79 Å². The number of benzene rings is 3. The van der Waals surface area contributed by atoms with Gasteiger partial charge in [-0.25, -0.2) is 4.79 Å². The number of piperidine rings is 1. The van der Waals surface area contributed by atoms with E-state index in [0.29, 0.717) is 39.1 Å². The van der Waals surface area contributed by atoms with E-state index in [1.807, 2.05) is 51.1 Å². The molecule has 3 amide bonds. The van der Waals surface area contributed by atoms with Crippen molar-refractivity contribution in [3.63, 3.8) is 0 Å². The van der Waals surface area contributed by atoms with Crippen LogP contribution in [0.1, 0.15) is 64.0 Å². The SMILES string of the molecule is CC(=O)NCCn1cc(CN(C(=O)[C@H]2CN(C(=O)OC(C)(C)C)CC[C@@H]2c2cccc(-c3ccccc3)c2)C2CC2)c2ccccc21. The molecule has 8 heteroatoms. The maximum absolute atomic E-state index is 14.9. The van der Waals surface area contributed by atoms with E-state index in [0.717, 1.165) is 46.0 Å². The number of amides is 3. The quantitative estimate of drug-likeness (QED) is 0.216. The number of carbonyl (C=O) groups is 3. The molecule has 1 saturated heterocycles. The maximum Gasteiger partial charge on any atom is 0.410 e. The summed E-state index contributed by atoms with van der Waals surface area (Å²) >= 11 is 0. The first-order chi connectivity index (χ1) is 22.6. The van der Waals surface area contributed by atoms with E-state index >= 15 is 0 Å². The molecule has 3 aromatic carbocycles. The smallest absolute Gasteiger partial charge is 0.410 e. The van der Waals surface area contributed by atoms with Crippen molar-refractivity contribution in [2.75, 3.05) is 19.6 Å². The zero-order valence-corrected chi connectivity index (χ0v) is 27.9. The lowest BCUT2D eigenvalue weighted by atomic mass is 9.79. The Morgan fingerprint density at radius 1 is 0.915 bits per heavy atom. The summed E-state index contributed by atoms with van der Waals surface area (Å²) in [5.41, 5.74) is 4.93. The molecule has 2 heterocycles. The highest BCUT2D eigenvalue weighted by molar-refractivity contribution is 5.86. The predicted molar refractivity (Wildman–Crippen MR) is 185 cm³/mol. The van der Waals surface area contributed by atoms with Gasteiger partial charge in [0.15, 0.2) is 0 Å². The van der Waals surface area contributed by atoms with Gasteiger partial charge < -0.3 is 24.4 Å². The predicted octanol–water partition coefficient (Wildman–Crippen LogP) is 6.98. The molecule has 4 aromatic rings. The van der Waals surface area contributed by atoms with E-state index < -0.39 is 11.5 Å². The van der Waals surface area contributed by atoms with E-state index in [2.05, 4.69) is 69.5 Å². The Morgan fingerprint density at radius 3 is 2.36 bits per heavy atom. The monoisotopic (exact) mass is 634 g/mol. The molecule has 0 radical (unpaired) electrons. The number of nitrogens with zero attached hydrogens (tertiary/aromatic N) is 3. The maximum atomic E-state index is 14.9. The number of carbonyl (C=O) groups excluding carboxylic acids is 3. The van der Waals surface area contributed by atoms with Crippen molar-refractivity contribution in [1.29, 1.82) is 0 Å². The second-order valence-electron chi connectivity index (χ2n) is 14.0. The van der Waals surface area contributed by atoms with Crippen molar-refractivity contribution < 1.29 is 19.1 Å². The first-order valence-corrected chi connectivity index (χ1v) is 16.8. The van der Waals surface area contributed by atoms with E-state index in [9.17, 15) is 14.4 Å². The molecule has 47 heavy (non-hydrogen) atoms. The second-order valence-corrected chi connectivity index (χ2v) is 14.0. The summed E-state index contributed by atoms with van der Waals surface area (Å²) in [6.07, 6.45) is 4.39. The lowest BCUT2D eigenvalue weighted by Gasteiger charge is -2.40. The van der Waals surface area contributed by atoms with Crippen molar-refractivity contribution in [2.24, 2.45) is 5.92 Å². The van der Waals surface area contributed by atoms with Crippen LogP contribution < -0.4 is 5.32 Å². The van der Waals surface area contributed by atoms with Crippen molar-refractivity contribution in [3.8, 4) is 11.1 Å². The van der Waals surface area contributed by atoms with Gasteiger partial charge in [0.1, 0.15) is 5.60 Å².